The molecule has 6 heteroatoms. The zero-order chi connectivity index (χ0) is 12.2. The summed E-state index contributed by atoms with van der Waals surface area (Å²) in [5.41, 5.74) is 0.158. The molecule has 2 nitrogen and oxygen atoms in total. The van der Waals surface area contributed by atoms with E-state index in [-0.39, 0.29) is 16.6 Å². The van der Waals surface area contributed by atoms with E-state index in [2.05, 4.69) is 0 Å². The third-order valence-corrected chi connectivity index (χ3v) is 3.09. The summed E-state index contributed by atoms with van der Waals surface area (Å²) < 4.78 is 41.2. The van der Waals surface area contributed by atoms with Crippen LogP contribution in [0, 0.1) is 0 Å². The van der Waals surface area contributed by atoms with Gasteiger partial charge in [-0.15, -0.1) is 0 Å². The van der Waals surface area contributed by atoms with E-state index >= 15 is 0 Å². The second-order valence-electron chi connectivity index (χ2n) is 2.80. The first-order chi connectivity index (χ1) is 7.42. The average molecular weight is 297 g/mol. The SMILES string of the molecule is CCOC(=O)c1cccc([Se]C(F)(F)F)c1. The Morgan fingerprint density at radius 1 is 1.44 bits per heavy atom. The van der Waals surface area contributed by atoms with Gasteiger partial charge in [0.1, 0.15) is 0 Å². The minimum absolute atomic E-state index is 0.116. The number of ether oxygens (including phenoxy) is 1. The molecule has 0 spiro atoms. The molecule has 0 N–H and O–H groups in total. The number of esters is 1. The molecular weight excluding hydrogens is 288 g/mol. The maximum absolute atomic E-state index is 12.1. The summed E-state index contributed by atoms with van der Waals surface area (Å²) >= 11 is -1.63. The number of alkyl halides is 3. The van der Waals surface area contributed by atoms with Gasteiger partial charge < -0.3 is 0 Å². The summed E-state index contributed by atoms with van der Waals surface area (Å²) in [6.45, 7) is 1.84. The normalized spacial score (nSPS) is 11.2. The zero-order valence-electron chi connectivity index (χ0n) is 8.38. The topological polar surface area (TPSA) is 26.3 Å². The van der Waals surface area contributed by atoms with Gasteiger partial charge in [-0.3, -0.25) is 0 Å². The van der Waals surface area contributed by atoms with Crippen molar-refractivity contribution in [2.75, 3.05) is 6.61 Å². The Kier molecular flexibility index (Phi) is 4.38. The Morgan fingerprint density at radius 2 is 2.12 bits per heavy atom. The van der Waals surface area contributed by atoms with Gasteiger partial charge in [0.25, 0.3) is 0 Å². The van der Waals surface area contributed by atoms with Crippen LogP contribution in [0.15, 0.2) is 24.3 Å². The van der Waals surface area contributed by atoms with E-state index in [1.54, 1.807) is 6.92 Å². The molecule has 1 aromatic carbocycles. The van der Waals surface area contributed by atoms with Crippen LogP contribution in [0.25, 0.3) is 0 Å². The molecule has 0 aliphatic heterocycles. The number of carbonyl (C=O) groups is 1. The van der Waals surface area contributed by atoms with Gasteiger partial charge in [-0.1, -0.05) is 0 Å². The first-order valence-electron chi connectivity index (χ1n) is 4.45. The van der Waals surface area contributed by atoms with Crippen LogP contribution in [0.4, 0.5) is 13.2 Å². The summed E-state index contributed by atoms with van der Waals surface area (Å²) in [5, 5.41) is -4.21. The number of hydrogen-bond acceptors (Lipinski definition) is 2. The fourth-order valence-electron chi connectivity index (χ4n) is 1.03. The van der Waals surface area contributed by atoms with Crippen LogP contribution in [-0.4, -0.2) is 32.6 Å². The van der Waals surface area contributed by atoms with Crippen molar-refractivity contribution in [3.05, 3.63) is 29.8 Å². The number of halogens is 3. The van der Waals surface area contributed by atoms with Crippen molar-refractivity contribution in [2.45, 2.75) is 12.0 Å². The molecule has 1 rings (SSSR count). The van der Waals surface area contributed by atoms with Gasteiger partial charge >= 0.3 is 96.5 Å². The van der Waals surface area contributed by atoms with E-state index in [1.165, 1.54) is 24.3 Å². The van der Waals surface area contributed by atoms with Crippen LogP contribution in [0.5, 0.6) is 0 Å². The van der Waals surface area contributed by atoms with E-state index in [9.17, 15) is 18.0 Å². The number of carbonyl (C=O) groups excluding carboxylic acids is 1. The molecule has 16 heavy (non-hydrogen) atoms. The predicted molar refractivity (Wildman–Crippen MR) is 53.8 cm³/mol. The summed E-state index contributed by atoms with van der Waals surface area (Å²) in [4.78, 5) is 11.3. The number of hydrogen-bond donors (Lipinski definition) is 0. The standard InChI is InChI=1S/C10H9F3O2Se/c1-2-15-9(14)7-4-3-5-8(6-7)16-10(11,12)13/h3-6H,2H2,1H3. The second-order valence-corrected chi connectivity index (χ2v) is 5.18. The Labute approximate surface area is 96.9 Å². The quantitative estimate of drug-likeness (QED) is 0.627. The zero-order valence-corrected chi connectivity index (χ0v) is 10.1. The van der Waals surface area contributed by atoms with Gasteiger partial charge in [0, 0.05) is 0 Å². The predicted octanol–water partition coefficient (Wildman–Crippen LogP) is 1.71. The van der Waals surface area contributed by atoms with E-state index in [0.717, 1.165) is 0 Å². The molecule has 0 unspecified atom stereocenters. The fourth-order valence-corrected chi connectivity index (χ4v) is 2.29. The summed E-state index contributed by atoms with van der Waals surface area (Å²) in [6.07, 6.45) is 0. The van der Waals surface area contributed by atoms with Crippen LogP contribution in [-0.2, 0) is 4.74 Å². The molecule has 0 saturated carbocycles. The Balaban J connectivity index is 2.83. The van der Waals surface area contributed by atoms with E-state index in [4.69, 9.17) is 4.74 Å². The molecule has 0 radical (unpaired) electrons. The van der Waals surface area contributed by atoms with E-state index in [1.807, 2.05) is 0 Å². The van der Waals surface area contributed by atoms with Gasteiger partial charge in [-0.2, -0.15) is 0 Å². The summed E-state index contributed by atoms with van der Waals surface area (Å²) in [6, 6.07) is 5.45. The Morgan fingerprint density at radius 3 is 2.69 bits per heavy atom. The number of benzene rings is 1. The Bertz CT molecular complexity index is 377. The second kappa shape index (κ2) is 5.36. The molecule has 1 aromatic rings. The van der Waals surface area contributed by atoms with Crippen molar-refractivity contribution in [3.63, 3.8) is 0 Å². The first-order valence-corrected chi connectivity index (χ1v) is 6.16. The molecule has 0 amide bonds. The average Bonchev–Trinajstić information content (AvgIpc) is 2.16. The van der Waals surface area contributed by atoms with Gasteiger partial charge in [0.05, 0.1) is 0 Å². The van der Waals surface area contributed by atoms with Gasteiger partial charge in [-0.25, -0.2) is 0 Å². The molecule has 88 valence electrons. The van der Waals surface area contributed by atoms with Crippen molar-refractivity contribution in [1.29, 1.82) is 0 Å². The monoisotopic (exact) mass is 298 g/mol. The van der Waals surface area contributed by atoms with Crippen molar-refractivity contribution in [2.24, 2.45) is 0 Å². The first kappa shape index (κ1) is 13.1. The van der Waals surface area contributed by atoms with Crippen molar-refractivity contribution < 1.29 is 22.7 Å². The molecular formula is C10H9F3O2Se. The minimum atomic E-state index is -4.21. The van der Waals surface area contributed by atoms with Gasteiger partial charge in [0.2, 0.25) is 0 Å². The maximum atomic E-state index is 12.1. The van der Waals surface area contributed by atoms with Crippen LogP contribution in [0.3, 0.4) is 0 Å². The van der Waals surface area contributed by atoms with Crippen molar-refractivity contribution in [3.8, 4) is 0 Å². The fraction of sp³-hybridized carbons (Fsp3) is 0.300. The molecule has 0 saturated heterocycles. The number of rotatable bonds is 3. The van der Waals surface area contributed by atoms with Gasteiger partial charge in [-0.05, 0) is 0 Å². The molecule has 0 aliphatic rings. The molecule has 0 aliphatic carbocycles. The molecule has 0 atom stereocenters. The van der Waals surface area contributed by atoms with Crippen LogP contribution in [0.2, 0.25) is 0 Å². The molecule has 0 fully saturated rings. The van der Waals surface area contributed by atoms with Crippen LogP contribution < -0.4 is 4.46 Å². The van der Waals surface area contributed by atoms with Gasteiger partial charge in [0.15, 0.2) is 0 Å². The van der Waals surface area contributed by atoms with Crippen molar-refractivity contribution >= 4 is 25.4 Å². The molecule has 0 bridgehead atoms. The van der Waals surface area contributed by atoms with E-state index < -0.39 is 26.0 Å². The molecule has 0 aromatic heterocycles. The van der Waals surface area contributed by atoms with E-state index in [0.29, 0.717) is 0 Å². The summed E-state index contributed by atoms with van der Waals surface area (Å²) in [5.74, 6) is -0.595. The van der Waals surface area contributed by atoms with Crippen molar-refractivity contribution in [1.82, 2.24) is 0 Å². The Hall–Kier alpha value is -1.00. The third-order valence-electron chi connectivity index (χ3n) is 1.58. The van der Waals surface area contributed by atoms with Crippen LogP contribution >= 0.6 is 0 Å². The summed E-state index contributed by atoms with van der Waals surface area (Å²) in [7, 11) is 0. The molecule has 0 heterocycles. The third kappa shape index (κ3) is 4.24. The van der Waals surface area contributed by atoms with Crippen LogP contribution in [0.1, 0.15) is 17.3 Å².